The lowest BCUT2D eigenvalue weighted by atomic mass is 10.0. The number of methoxy groups -OCH3 is 1. The number of hydrogen-bond acceptors (Lipinski definition) is 2. The molecule has 0 N–H and O–H groups in total. The van der Waals surface area contributed by atoms with Crippen LogP contribution in [0.15, 0.2) is 36.9 Å². The van der Waals surface area contributed by atoms with Gasteiger partial charge in [-0.1, -0.05) is 30.3 Å². The molecular formula is C14H20O2. The molecule has 0 saturated heterocycles. The Morgan fingerprint density at radius 3 is 2.50 bits per heavy atom. The maximum absolute atomic E-state index is 5.67. The van der Waals surface area contributed by atoms with Crippen molar-refractivity contribution in [2.24, 2.45) is 0 Å². The standard InChI is InChI=1S/C14H20O2/c1-4-6-14(16-5-2)13-9-7-12(8-10-13)11-15-3/h4,7-10,14H,1,5-6,11H2,2-3H3. The Bertz CT molecular complexity index is 303. The van der Waals surface area contributed by atoms with Gasteiger partial charge in [0.05, 0.1) is 12.7 Å². The molecule has 16 heavy (non-hydrogen) atoms. The van der Waals surface area contributed by atoms with Gasteiger partial charge in [0.15, 0.2) is 0 Å². The van der Waals surface area contributed by atoms with Crippen molar-refractivity contribution in [2.75, 3.05) is 13.7 Å². The molecule has 88 valence electrons. The highest BCUT2D eigenvalue weighted by Crippen LogP contribution is 2.22. The van der Waals surface area contributed by atoms with Gasteiger partial charge in [-0.2, -0.15) is 0 Å². The van der Waals surface area contributed by atoms with Gasteiger partial charge in [0, 0.05) is 13.7 Å². The zero-order chi connectivity index (χ0) is 11.8. The van der Waals surface area contributed by atoms with E-state index < -0.39 is 0 Å². The third kappa shape index (κ3) is 3.80. The fourth-order valence-corrected chi connectivity index (χ4v) is 1.65. The molecule has 0 spiro atoms. The molecule has 0 fully saturated rings. The second kappa shape index (κ2) is 7.20. The Morgan fingerprint density at radius 1 is 1.31 bits per heavy atom. The van der Waals surface area contributed by atoms with Crippen molar-refractivity contribution in [3.05, 3.63) is 48.0 Å². The second-order valence-corrected chi connectivity index (χ2v) is 3.64. The summed E-state index contributed by atoms with van der Waals surface area (Å²) >= 11 is 0. The van der Waals surface area contributed by atoms with Crippen LogP contribution in [0, 0.1) is 0 Å². The molecule has 0 amide bonds. The Hall–Kier alpha value is -1.12. The fraction of sp³-hybridized carbons (Fsp3) is 0.429. The highest BCUT2D eigenvalue weighted by Gasteiger charge is 2.08. The number of rotatable bonds is 7. The molecule has 2 nitrogen and oxygen atoms in total. The van der Waals surface area contributed by atoms with Crippen LogP contribution in [-0.2, 0) is 16.1 Å². The number of hydrogen-bond donors (Lipinski definition) is 0. The summed E-state index contributed by atoms with van der Waals surface area (Å²) in [6.45, 7) is 7.14. The third-order valence-corrected chi connectivity index (χ3v) is 2.41. The summed E-state index contributed by atoms with van der Waals surface area (Å²) < 4.78 is 10.7. The molecule has 0 heterocycles. The van der Waals surface area contributed by atoms with Gasteiger partial charge in [0.1, 0.15) is 0 Å². The van der Waals surface area contributed by atoms with E-state index in [4.69, 9.17) is 9.47 Å². The van der Waals surface area contributed by atoms with Gasteiger partial charge in [-0.05, 0) is 24.5 Å². The average Bonchev–Trinajstić information content (AvgIpc) is 2.30. The zero-order valence-corrected chi connectivity index (χ0v) is 10.1. The normalized spacial score (nSPS) is 12.4. The van der Waals surface area contributed by atoms with E-state index in [9.17, 15) is 0 Å². The molecule has 0 aliphatic heterocycles. The van der Waals surface area contributed by atoms with Crippen LogP contribution in [-0.4, -0.2) is 13.7 Å². The van der Waals surface area contributed by atoms with Crippen LogP contribution in [0.4, 0.5) is 0 Å². The topological polar surface area (TPSA) is 18.5 Å². The first-order valence-corrected chi connectivity index (χ1v) is 5.62. The highest BCUT2D eigenvalue weighted by atomic mass is 16.5. The van der Waals surface area contributed by atoms with Crippen molar-refractivity contribution in [3.8, 4) is 0 Å². The summed E-state index contributed by atoms with van der Waals surface area (Å²) in [5.74, 6) is 0. The molecule has 1 rings (SSSR count). The van der Waals surface area contributed by atoms with E-state index >= 15 is 0 Å². The fourth-order valence-electron chi connectivity index (χ4n) is 1.65. The quantitative estimate of drug-likeness (QED) is 0.655. The van der Waals surface area contributed by atoms with Gasteiger partial charge in [-0.15, -0.1) is 6.58 Å². The van der Waals surface area contributed by atoms with Crippen molar-refractivity contribution >= 4 is 0 Å². The average molecular weight is 220 g/mol. The van der Waals surface area contributed by atoms with Crippen molar-refractivity contribution in [1.29, 1.82) is 0 Å². The van der Waals surface area contributed by atoms with Gasteiger partial charge in [0.25, 0.3) is 0 Å². The van der Waals surface area contributed by atoms with E-state index in [1.54, 1.807) is 7.11 Å². The van der Waals surface area contributed by atoms with Crippen LogP contribution in [0.2, 0.25) is 0 Å². The van der Waals surface area contributed by atoms with E-state index in [1.165, 1.54) is 11.1 Å². The van der Waals surface area contributed by atoms with Gasteiger partial charge in [-0.3, -0.25) is 0 Å². The molecule has 2 heteroatoms. The predicted octanol–water partition coefficient (Wildman–Crippen LogP) is 3.49. The minimum atomic E-state index is 0.124. The van der Waals surface area contributed by atoms with E-state index in [-0.39, 0.29) is 6.10 Å². The summed E-state index contributed by atoms with van der Waals surface area (Å²) in [6.07, 6.45) is 2.86. The van der Waals surface area contributed by atoms with Gasteiger partial charge in [-0.25, -0.2) is 0 Å². The van der Waals surface area contributed by atoms with Gasteiger partial charge >= 0.3 is 0 Å². The van der Waals surface area contributed by atoms with Gasteiger partial charge in [0.2, 0.25) is 0 Å². The minimum Gasteiger partial charge on any atom is -0.380 e. The van der Waals surface area contributed by atoms with Crippen molar-refractivity contribution in [3.63, 3.8) is 0 Å². The Kier molecular flexibility index (Phi) is 5.83. The molecule has 1 unspecified atom stereocenters. The highest BCUT2D eigenvalue weighted by molar-refractivity contribution is 5.24. The molecule has 0 aliphatic rings. The summed E-state index contributed by atoms with van der Waals surface area (Å²) in [7, 11) is 1.70. The molecule has 1 aromatic carbocycles. The summed E-state index contributed by atoms with van der Waals surface area (Å²) in [5, 5.41) is 0. The van der Waals surface area contributed by atoms with Crippen LogP contribution >= 0.6 is 0 Å². The SMILES string of the molecule is C=CCC(OCC)c1ccc(COC)cc1. The summed E-state index contributed by atoms with van der Waals surface area (Å²) in [5.41, 5.74) is 2.38. The molecule has 0 bridgehead atoms. The van der Waals surface area contributed by atoms with Gasteiger partial charge < -0.3 is 9.47 Å². The number of ether oxygens (including phenoxy) is 2. The molecule has 0 aliphatic carbocycles. The maximum Gasteiger partial charge on any atom is 0.0859 e. The molecule has 1 atom stereocenters. The minimum absolute atomic E-state index is 0.124. The maximum atomic E-state index is 5.67. The molecule has 0 aromatic heterocycles. The summed E-state index contributed by atoms with van der Waals surface area (Å²) in [6, 6.07) is 8.35. The first-order valence-electron chi connectivity index (χ1n) is 5.62. The van der Waals surface area contributed by atoms with Crippen LogP contribution in [0.25, 0.3) is 0 Å². The van der Waals surface area contributed by atoms with Crippen LogP contribution in [0.1, 0.15) is 30.6 Å². The predicted molar refractivity (Wildman–Crippen MR) is 66.3 cm³/mol. The van der Waals surface area contributed by atoms with Crippen LogP contribution in [0.3, 0.4) is 0 Å². The Balaban J connectivity index is 2.72. The Morgan fingerprint density at radius 2 is 2.00 bits per heavy atom. The lowest BCUT2D eigenvalue weighted by Gasteiger charge is -2.15. The molecule has 1 aromatic rings. The summed E-state index contributed by atoms with van der Waals surface area (Å²) in [4.78, 5) is 0. The van der Waals surface area contributed by atoms with E-state index in [0.29, 0.717) is 6.61 Å². The lowest BCUT2D eigenvalue weighted by molar-refractivity contribution is 0.0648. The van der Waals surface area contributed by atoms with Crippen molar-refractivity contribution < 1.29 is 9.47 Å². The second-order valence-electron chi connectivity index (χ2n) is 3.64. The van der Waals surface area contributed by atoms with Crippen LogP contribution in [0.5, 0.6) is 0 Å². The molecular weight excluding hydrogens is 200 g/mol. The van der Waals surface area contributed by atoms with Crippen molar-refractivity contribution in [1.82, 2.24) is 0 Å². The Labute approximate surface area is 97.9 Å². The number of benzene rings is 1. The lowest BCUT2D eigenvalue weighted by Crippen LogP contribution is -2.03. The first-order chi connectivity index (χ1) is 7.81. The monoisotopic (exact) mass is 220 g/mol. The zero-order valence-electron chi connectivity index (χ0n) is 10.1. The molecule has 0 saturated carbocycles. The first kappa shape index (κ1) is 12.9. The van der Waals surface area contributed by atoms with E-state index in [1.807, 2.05) is 13.0 Å². The largest absolute Gasteiger partial charge is 0.380 e. The van der Waals surface area contributed by atoms with E-state index in [2.05, 4.69) is 30.8 Å². The van der Waals surface area contributed by atoms with Crippen molar-refractivity contribution in [2.45, 2.75) is 26.1 Å². The molecule has 0 radical (unpaired) electrons. The van der Waals surface area contributed by atoms with E-state index in [0.717, 1.165) is 13.0 Å². The third-order valence-electron chi connectivity index (χ3n) is 2.41. The smallest absolute Gasteiger partial charge is 0.0859 e. The van der Waals surface area contributed by atoms with Crippen LogP contribution < -0.4 is 0 Å².